The van der Waals surface area contributed by atoms with Crippen LogP contribution in [0.3, 0.4) is 0 Å². The van der Waals surface area contributed by atoms with E-state index in [1.54, 1.807) is 0 Å². The number of hydrogen-bond acceptors (Lipinski definition) is 1. The Bertz CT molecular complexity index is 351. The molecule has 0 aliphatic carbocycles. The molecule has 0 saturated heterocycles. The topological polar surface area (TPSA) is 37.3 Å². The van der Waals surface area contributed by atoms with Crippen molar-refractivity contribution in [1.82, 2.24) is 0 Å². The Kier molecular flexibility index (Phi) is 16.2. The number of aliphatic carboxylic acids is 1. The fourth-order valence-corrected chi connectivity index (χ4v) is 2.07. The van der Waals surface area contributed by atoms with Crippen molar-refractivity contribution < 1.29 is 9.90 Å². The molecule has 2 nitrogen and oxygen atoms in total. The lowest BCUT2D eigenvalue weighted by Crippen LogP contribution is -1.92. The molecule has 1 N–H and O–H groups in total. The molecule has 0 spiro atoms. The first-order valence-electron chi connectivity index (χ1n) is 8.55. The zero-order chi connectivity index (χ0) is 16.3. The molecule has 2 heteroatoms. The molecule has 0 unspecified atom stereocenters. The van der Waals surface area contributed by atoms with E-state index in [1.165, 1.54) is 32.1 Å². The quantitative estimate of drug-likeness (QED) is 0.288. The highest BCUT2D eigenvalue weighted by Gasteiger charge is 1.93. The molecular formula is C20H32O2. The van der Waals surface area contributed by atoms with Crippen LogP contribution in [0.25, 0.3) is 0 Å². The maximum absolute atomic E-state index is 10.3. The van der Waals surface area contributed by atoms with E-state index in [9.17, 15) is 4.79 Å². The molecule has 0 amide bonds. The van der Waals surface area contributed by atoms with Crippen LogP contribution in [0.15, 0.2) is 49.1 Å². The highest BCUT2D eigenvalue weighted by atomic mass is 16.4. The summed E-state index contributed by atoms with van der Waals surface area (Å²) in [6, 6.07) is 0. The van der Waals surface area contributed by atoms with Crippen LogP contribution in [0.4, 0.5) is 0 Å². The van der Waals surface area contributed by atoms with Crippen LogP contribution in [0.5, 0.6) is 0 Å². The highest BCUT2D eigenvalue weighted by Crippen LogP contribution is 2.07. The average molecular weight is 304 g/mol. The molecule has 0 heterocycles. The number of carboxylic acid groups (broad SMARTS) is 1. The van der Waals surface area contributed by atoms with E-state index in [2.05, 4.69) is 43.0 Å². The van der Waals surface area contributed by atoms with Crippen molar-refractivity contribution in [3.05, 3.63) is 49.1 Å². The fraction of sp³-hybridized carbons (Fsp3) is 0.550. The van der Waals surface area contributed by atoms with Gasteiger partial charge in [0.15, 0.2) is 0 Å². The van der Waals surface area contributed by atoms with Gasteiger partial charge < -0.3 is 5.11 Å². The van der Waals surface area contributed by atoms with Crippen LogP contribution in [-0.4, -0.2) is 11.1 Å². The summed E-state index contributed by atoms with van der Waals surface area (Å²) in [5.41, 5.74) is 0. The number of hydrogen-bond donors (Lipinski definition) is 1. The molecule has 0 saturated carbocycles. The molecule has 0 aromatic heterocycles. The van der Waals surface area contributed by atoms with E-state index in [0.29, 0.717) is 0 Å². The summed E-state index contributed by atoms with van der Waals surface area (Å²) in [6.45, 7) is 3.68. The highest BCUT2D eigenvalue weighted by molar-refractivity contribution is 5.66. The third-order valence-electron chi connectivity index (χ3n) is 3.33. The SMILES string of the molecule is C=CC/C=C\C/C=C\CCCCCC/C=C\CCCC(=O)O. The molecule has 0 aliphatic heterocycles. The van der Waals surface area contributed by atoms with Crippen molar-refractivity contribution in [3.8, 4) is 0 Å². The number of carbonyl (C=O) groups is 1. The second kappa shape index (κ2) is 17.5. The van der Waals surface area contributed by atoms with Gasteiger partial charge in [0.25, 0.3) is 0 Å². The number of allylic oxidation sites excluding steroid dienone is 7. The molecule has 0 aliphatic rings. The molecular weight excluding hydrogens is 272 g/mol. The Labute approximate surface area is 136 Å². The van der Waals surface area contributed by atoms with Gasteiger partial charge in [0, 0.05) is 6.42 Å². The van der Waals surface area contributed by atoms with Crippen LogP contribution in [0.1, 0.15) is 70.6 Å². The van der Waals surface area contributed by atoms with E-state index in [0.717, 1.165) is 32.1 Å². The molecule has 22 heavy (non-hydrogen) atoms. The van der Waals surface area contributed by atoms with Gasteiger partial charge >= 0.3 is 5.97 Å². The largest absolute Gasteiger partial charge is 0.481 e. The van der Waals surface area contributed by atoms with E-state index in [1.807, 2.05) is 6.08 Å². The Morgan fingerprint density at radius 2 is 1.23 bits per heavy atom. The number of unbranched alkanes of at least 4 members (excludes halogenated alkanes) is 6. The first-order valence-corrected chi connectivity index (χ1v) is 8.55. The summed E-state index contributed by atoms with van der Waals surface area (Å²) in [7, 11) is 0. The van der Waals surface area contributed by atoms with Crippen molar-refractivity contribution in [1.29, 1.82) is 0 Å². The third kappa shape index (κ3) is 18.4. The summed E-state index contributed by atoms with van der Waals surface area (Å²) >= 11 is 0. The average Bonchev–Trinajstić information content (AvgIpc) is 2.50. The first-order chi connectivity index (χ1) is 10.8. The molecule has 0 bridgehead atoms. The maximum atomic E-state index is 10.3. The minimum Gasteiger partial charge on any atom is -0.481 e. The van der Waals surface area contributed by atoms with Crippen molar-refractivity contribution in [2.24, 2.45) is 0 Å². The summed E-state index contributed by atoms with van der Waals surface area (Å²) in [5.74, 6) is -0.699. The summed E-state index contributed by atoms with van der Waals surface area (Å²) in [5, 5.41) is 8.50. The summed E-state index contributed by atoms with van der Waals surface area (Å²) < 4.78 is 0. The van der Waals surface area contributed by atoms with Crippen LogP contribution >= 0.6 is 0 Å². The molecule has 0 fully saturated rings. The molecule has 0 aromatic rings. The van der Waals surface area contributed by atoms with E-state index < -0.39 is 5.97 Å². The zero-order valence-electron chi connectivity index (χ0n) is 13.9. The minimum atomic E-state index is -0.699. The Balaban J connectivity index is 3.23. The molecule has 0 radical (unpaired) electrons. The van der Waals surface area contributed by atoms with Gasteiger partial charge in [0.05, 0.1) is 0 Å². The molecule has 0 rings (SSSR count). The molecule has 0 aromatic carbocycles. The van der Waals surface area contributed by atoms with Crippen molar-refractivity contribution in [2.75, 3.05) is 0 Å². The van der Waals surface area contributed by atoms with Crippen LogP contribution in [-0.2, 0) is 4.79 Å². The zero-order valence-corrected chi connectivity index (χ0v) is 13.9. The van der Waals surface area contributed by atoms with E-state index in [4.69, 9.17) is 5.11 Å². The van der Waals surface area contributed by atoms with Gasteiger partial charge in [-0.3, -0.25) is 4.79 Å². The monoisotopic (exact) mass is 304 g/mol. The Hall–Kier alpha value is -1.57. The smallest absolute Gasteiger partial charge is 0.303 e. The summed E-state index contributed by atoms with van der Waals surface area (Å²) in [6.07, 6.45) is 26.4. The lowest BCUT2D eigenvalue weighted by molar-refractivity contribution is -0.137. The van der Waals surface area contributed by atoms with Crippen LogP contribution in [0.2, 0.25) is 0 Å². The van der Waals surface area contributed by atoms with Crippen molar-refractivity contribution in [3.63, 3.8) is 0 Å². The normalized spacial score (nSPS) is 11.8. The van der Waals surface area contributed by atoms with Crippen molar-refractivity contribution >= 4 is 5.97 Å². The Morgan fingerprint density at radius 3 is 1.82 bits per heavy atom. The second-order valence-electron chi connectivity index (χ2n) is 5.45. The Morgan fingerprint density at radius 1 is 0.727 bits per heavy atom. The van der Waals surface area contributed by atoms with Gasteiger partial charge in [0.1, 0.15) is 0 Å². The van der Waals surface area contributed by atoms with Gasteiger partial charge in [-0.15, -0.1) is 6.58 Å². The van der Waals surface area contributed by atoms with E-state index in [-0.39, 0.29) is 6.42 Å². The van der Waals surface area contributed by atoms with Gasteiger partial charge in [-0.25, -0.2) is 0 Å². The van der Waals surface area contributed by atoms with E-state index >= 15 is 0 Å². The van der Waals surface area contributed by atoms with Gasteiger partial charge in [0.2, 0.25) is 0 Å². The second-order valence-corrected chi connectivity index (χ2v) is 5.45. The van der Waals surface area contributed by atoms with Crippen LogP contribution < -0.4 is 0 Å². The third-order valence-corrected chi connectivity index (χ3v) is 3.33. The number of rotatable bonds is 15. The predicted molar refractivity (Wildman–Crippen MR) is 96.0 cm³/mol. The summed E-state index contributed by atoms with van der Waals surface area (Å²) in [4.78, 5) is 10.3. The standard InChI is InChI=1S/C20H32O2/c1-2-3-4-5-6-7-8-9-10-11-12-13-14-15-16-17-18-19-20(21)22/h2,4-5,7-8,15-16H,1,3,6,9-14,17-19H2,(H,21,22)/b5-4-,8-7-,16-15-. The van der Waals surface area contributed by atoms with Gasteiger partial charge in [-0.2, -0.15) is 0 Å². The van der Waals surface area contributed by atoms with Crippen molar-refractivity contribution in [2.45, 2.75) is 70.6 Å². The molecule has 124 valence electrons. The lowest BCUT2D eigenvalue weighted by Gasteiger charge is -1.97. The first kappa shape index (κ1) is 20.4. The lowest BCUT2D eigenvalue weighted by atomic mass is 10.1. The van der Waals surface area contributed by atoms with Gasteiger partial charge in [-0.05, 0) is 51.4 Å². The predicted octanol–water partition coefficient (Wildman–Crippen LogP) is 6.22. The fourth-order valence-electron chi connectivity index (χ4n) is 2.07. The minimum absolute atomic E-state index is 0.280. The maximum Gasteiger partial charge on any atom is 0.303 e. The van der Waals surface area contributed by atoms with Gasteiger partial charge in [-0.1, -0.05) is 55.4 Å². The number of carboxylic acids is 1. The van der Waals surface area contributed by atoms with Crippen LogP contribution in [0, 0.1) is 0 Å². The molecule has 0 atom stereocenters.